The van der Waals surface area contributed by atoms with Gasteiger partial charge in [0.25, 0.3) is 11.5 Å². The highest BCUT2D eigenvalue weighted by molar-refractivity contribution is 5.82. The molecule has 2 unspecified atom stereocenters. The number of ether oxygens (including phenoxy) is 2. The van der Waals surface area contributed by atoms with Crippen LogP contribution in [-0.2, 0) is 17.8 Å². The fourth-order valence-electron chi connectivity index (χ4n) is 3.83. The van der Waals surface area contributed by atoms with Crippen molar-refractivity contribution in [2.24, 2.45) is 0 Å². The van der Waals surface area contributed by atoms with E-state index >= 15 is 0 Å². The third kappa shape index (κ3) is 2.91. The number of nitrogens with zero attached hydrogens (tertiary/aromatic N) is 3. The minimum absolute atomic E-state index is 0.105. The van der Waals surface area contributed by atoms with E-state index in [9.17, 15) is 14.0 Å². The smallest absolute Gasteiger partial charge is 0.267 e. The molecule has 29 heavy (non-hydrogen) atoms. The summed E-state index contributed by atoms with van der Waals surface area (Å²) in [4.78, 5) is 32.1. The van der Waals surface area contributed by atoms with Crippen LogP contribution < -0.4 is 15.0 Å². The van der Waals surface area contributed by atoms with Gasteiger partial charge in [-0.05, 0) is 31.2 Å². The zero-order valence-electron chi connectivity index (χ0n) is 15.7. The van der Waals surface area contributed by atoms with E-state index in [1.54, 1.807) is 24.0 Å². The van der Waals surface area contributed by atoms with Gasteiger partial charge in [0.15, 0.2) is 11.5 Å². The number of para-hydroxylation sites is 2. The minimum Gasteiger partial charge on any atom is -0.482 e. The molecule has 3 aromatic rings. The molecule has 7 nitrogen and oxygen atoms in total. The van der Waals surface area contributed by atoms with Crippen LogP contribution in [0.25, 0.3) is 5.65 Å². The van der Waals surface area contributed by atoms with Crippen molar-refractivity contribution in [2.75, 3.05) is 6.54 Å². The van der Waals surface area contributed by atoms with Gasteiger partial charge in [0, 0.05) is 19.2 Å². The maximum absolute atomic E-state index is 13.6. The first-order chi connectivity index (χ1) is 14.0. The lowest BCUT2D eigenvalue weighted by Gasteiger charge is -2.36. The Morgan fingerprint density at radius 1 is 1.17 bits per heavy atom. The summed E-state index contributed by atoms with van der Waals surface area (Å²) in [5.41, 5.74) is 1.08. The molecule has 2 atom stereocenters. The lowest BCUT2D eigenvalue weighted by Crippen LogP contribution is -2.52. The van der Waals surface area contributed by atoms with Crippen LogP contribution >= 0.6 is 0 Å². The molecule has 1 aromatic carbocycles. The molecule has 4 heterocycles. The summed E-state index contributed by atoms with van der Waals surface area (Å²) in [7, 11) is 0. The predicted molar refractivity (Wildman–Crippen MR) is 101 cm³/mol. The van der Waals surface area contributed by atoms with E-state index in [1.165, 1.54) is 16.5 Å². The predicted octanol–water partition coefficient (Wildman–Crippen LogP) is 1.95. The van der Waals surface area contributed by atoms with Gasteiger partial charge in [-0.2, -0.15) is 0 Å². The Labute approximate surface area is 165 Å². The molecular weight excluding hydrogens is 377 g/mol. The normalized spacial score (nSPS) is 20.4. The first kappa shape index (κ1) is 17.7. The highest BCUT2D eigenvalue weighted by Crippen LogP contribution is 2.34. The molecule has 2 aliphatic heterocycles. The summed E-state index contributed by atoms with van der Waals surface area (Å²) in [5.74, 6) is 0.347. The Hall–Kier alpha value is -3.42. The highest BCUT2D eigenvalue weighted by Gasteiger charge is 2.38. The minimum atomic E-state index is -0.805. The molecule has 0 saturated heterocycles. The topological polar surface area (TPSA) is 73.1 Å². The molecule has 0 radical (unpaired) electrons. The molecule has 148 valence electrons. The van der Waals surface area contributed by atoms with E-state index in [-0.39, 0.29) is 18.0 Å². The molecule has 0 aliphatic carbocycles. The Kier molecular flexibility index (Phi) is 4.01. The van der Waals surface area contributed by atoms with Crippen LogP contribution in [-0.4, -0.2) is 38.9 Å². The molecule has 8 heteroatoms. The number of halogens is 1. The number of carbonyl (C=O) groups excluding carboxylic acids is 1. The summed E-state index contributed by atoms with van der Waals surface area (Å²) in [6, 6.07) is 9.94. The van der Waals surface area contributed by atoms with Crippen molar-refractivity contribution >= 4 is 11.6 Å². The van der Waals surface area contributed by atoms with Crippen molar-refractivity contribution in [3.8, 4) is 11.5 Å². The van der Waals surface area contributed by atoms with Crippen molar-refractivity contribution < 1.29 is 18.7 Å². The van der Waals surface area contributed by atoms with Gasteiger partial charge >= 0.3 is 0 Å². The molecule has 1 amide bonds. The van der Waals surface area contributed by atoms with Crippen LogP contribution in [0, 0.1) is 5.82 Å². The van der Waals surface area contributed by atoms with E-state index in [1.807, 2.05) is 12.1 Å². The zero-order valence-corrected chi connectivity index (χ0v) is 15.7. The molecule has 0 fully saturated rings. The summed E-state index contributed by atoms with van der Waals surface area (Å²) in [6.07, 6.45) is 0.287. The molecule has 2 aliphatic rings. The van der Waals surface area contributed by atoms with Gasteiger partial charge in [0.2, 0.25) is 6.10 Å². The van der Waals surface area contributed by atoms with Gasteiger partial charge in [0.05, 0.1) is 17.8 Å². The summed E-state index contributed by atoms with van der Waals surface area (Å²) in [5, 5.41) is 0. The Bertz CT molecular complexity index is 1190. The van der Waals surface area contributed by atoms with Crippen LogP contribution in [0.1, 0.15) is 18.2 Å². The Morgan fingerprint density at radius 2 is 1.93 bits per heavy atom. The van der Waals surface area contributed by atoms with E-state index in [2.05, 4.69) is 4.98 Å². The SMILES string of the molecule is CC1Oc2ccccc2OC1C(=O)N1CCc2nc3ccc(F)cn3c(=O)c2C1. The van der Waals surface area contributed by atoms with E-state index in [0.717, 1.165) is 6.20 Å². The number of hydrogen-bond donors (Lipinski definition) is 0. The third-order valence-electron chi connectivity index (χ3n) is 5.33. The van der Waals surface area contributed by atoms with Crippen molar-refractivity contribution in [1.29, 1.82) is 0 Å². The summed E-state index contributed by atoms with van der Waals surface area (Å²) < 4.78 is 26.5. The van der Waals surface area contributed by atoms with Crippen LogP contribution in [0.3, 0.4) is 0 Å². The molecule has 0 bridgehead atoms. The number of aromatic nitrogens is 2. The fourth-order valence-corrected chi connectivity index (χ4v) is 3.83. The highest BCUT2D eigenvalue weighted by atomic mass is 19.1. The molecule has 5 rings (SSSR count). The number of rotatable bonds is 1. The first-order valence-corrected chi connectivity index (χ1v) is 9.42. The van der Waals surface area contributed by atoms with E-state index in [0.29, 0.717) is 41.4 Å². The van der Waals surface area contributed by atoms with Crippen molar-refractivity contribution in [2.45, 2.75) is 32.1 Å². The number of carbonyl (C=O) groups is 1. The fraction of sp³-hybridized carbons (Fsp3) is 0.286. The number of fused-ring (bicyclic) bond motifs is 3. The van der Waals surface area contributed by atoms with E-state index in [4.69, 9.17) is 9.47 Å². The van der Waals surface area contributed by atoms with Gasteiger partial charge in [-0.15, -0.1) is 0 Å². The molecule has 0 saturated carbocycles. The van der Waals surface area contributed by atoms with Crippen LogP contribution in [0.15, 0.2) is 47.4 Å². The largest absolute Gasteiger partial charge is 0.482 e. The second-order valence-electron chi connectivity index (χ2n) is 7.24. The second kappa shape index (κ2) is 6.58. The lowest BCUT2D eigenvalue weighted by atomic mass is 10.0. The number of hydrogen-bond acceptors (Lipinski definition) is 5. The standard InChI is InChI=1S/C21H18FN3O4/c1-12-19(29-17-5-3-2-4-16(17)28-12)21(27)24-9-8-15-14(11-24)20(26)25-10-13(22)6-7-18(25)23-15/h2-7,10,12,19H,8-9,11H2,1H3. The van der Waals surface area contributed by atoms with Gasteiger partial charge in [-0.1, -0.05) is 12.1 Å². The third-order valence-corrected chi connectivity index (χ3v) is 5.33. The average molecular weight is 395 g/mol. The maximum atomic E-state index is 13.6. The second-order valence-corrected chi connectivity index (χ2v) is 7.24. The lowest BCUT2D eigenvalue weighted by molar-refractivity contribution is -0.145. The quantitative estimate of drug-likeness (QED) is 0.630. The number of benzene rings is 1. The molecule has 2 aromatic heterocycles. The van der Waals surface area contributed by atoms with Gasteiger partial charge in [-0.3, -0.25) is 14.0 Å². The summed E-state index contributed by atoms with van der Waals surface area (Å²) in [6.45, 7) is 2.31. The Morgan fingerprint density at radius 3 is 2.72 bits per heavy atom. The number of amides is 1. The Balaban J connectivity index is 1.45. The van der Waals surface area contributed by atoms with Gasteiger partial charge < -0.3 is 14.4 Å². The van der Waals surface area contributed by atoms with E-state index < -0.39 is 18.0 Å². The van der Waals surface area contributed by atoms with Crippen LogP contribution in [0.2, 0.25) is 0 Å². The van der Waals surface area contributed by atoms with Crippen molar-refractivity contribution in [3.63, 3.8) is 0 Å². The number of pyridine rings is 1. The van der Waals surface area contributed by atoms with Gasteiger partial charge in [-0.25, -0.2) is 9.37 Å². The molecule has 0 spiro atoms. The van der Waals surface area contributed by atoms with Crippen molar-refractivity contribution in [1.82, 2.24) is 14.3 Å². The first-order valence-electron chi connectivity index (χ1n) is 9.42. The maximum Gasteiger partial charge on any atom is 0.267 e. The van der Waals surface area contributed by atoms with Gasteiger partial charge in [0.1, 0.15) is 17.6 Å². The molecule has 0 N–H and O–H groups in total. The summed E-state index contributed by atoms with van der Waals surface area (Å²) >= 11 is 0. The van der Waals surface area contributed by atoms with Crippen LogP contribution in [0.4, 0.5) is 4.39 Å². The monoisotopic (exact) mass is 395 g/mol. The van der Waals surface area contributed by atoms with Crippen LogP contribution in [0.5, 0.6) is 11.5 Å². The average Bonchev–Trinajstić information content (AvgIpc) is 2.73. The molecular formula is C21H18FN3O4. The van der Waals surface area contributed by atoms with Crippen molar-refractivity contribution in [3.05, 3.63) is 70.0 Å². The zero-order chi connectivity index (χ0) is 20.1.